The molecule has 1 nitrogen and oxygen atoms in total. The van der Waals surface area contributed by atoms with Gasteiger partial charge in [0.15, 0.2) is 0 Å². The largest absolute Gasteiger partial charge is 0.375 e. The molecule has 1 heterocycles. The van der Waals surface area contributed by atoms with Crippen LogP contribution in [0.15, 0.2) is 21.5 Å². The van der Waals surface area contributed by atoms with Crippen LogP contribution in [0.1, 0.15) is 0 Å². The van der Waals surface area contributed by atoms with E-state index in [1.807, 2.05) is 12.1 Å². The fourth-order valence-electron chi connectivity index (χ4n) is 0.978. The number of nitrogens with one attached hydrogen (secondary N) is 1. The zero-order chi connectivity index (χ0) is 7.84. The summed E-state index contributed by atoms with van der Waals surface area (Å²) in [4.78, 5) is 1.23. The van der Waals surface area contributed by atoms with Gasteiger partial charge in [0.2, 0.25) is 0 Å². The summed E-state index contributed by atoms with van der Waals surface area (Å²) >= 11 is 11.0. The van der Waals surface area contributed by atoms with E-state index in [1.165, 1.54) is 10.6 Å². The second kappa shape index (κ2) is 2.88. The fourth-order valence-corrected chi connectivity index (χ4v) is 2.42. The molecule has 0 spiro atoms. The topological polar surface area (TPSA) is 12.0 Å². The van der Waals surface area contributed by atoms with Crippen molar-refractivity contribution in [2.75, 3.05) is 11.2 Å². The Morgan fingerprint density at radius 1 is 1.55 bits per heavy atom. The number of halogens is 2. The summed E-state index contributed by atoms with van der Waals surface area (Å²) < 4.78 is 0.952. The Balaban J connectivity index is 2.57. The third kappa shape index (κ3) is 1.37. The van der Waals surface area contributed by atoms with Crippen LogP contribution in [-0.4, -0.2) is 5.88 Å². The molecule has 1 aliphatic heterocycles. The number of anilines is 1. The molecule has 1 N–H and O–H groups in total. The first kappa shape index (κ1) is 7.77. The monoisotopic (exact) mass is 249 g/mol. The van der Waals surface area contributed by atoms with Crippen LogP contribution in [0.25, 0.3) is 0 Å². The van der Waals surface area contributed by atoms with Crippen molar-refractivity contribution in [3.8, 4) is 0 Å². The molecule has 1 aliphatic rings. The van der Waals surface area contributed by atoms with Crippen molar-refractivity contribution >= 4 is 45.0 Å². The van der Waals surface area contributed by atoms with Crippen LogP contribution in [0.3, 0.4) is 0 Å². The molecular formula is C7H5BrClNS. The number of fused-ring (bicyclic) bond motifs is 1. The normalized spacial score (nSPS) is 14.4. The lowest BCUT2D eigenvalue weighted by Crippen LogP contribution is -1.87. The van der Waals surface area contributed by atoms with Gasteiger partial charge in [-0.1, -0.05) is 11.6 Å². The van der Waals surface area contributed by atoms with Gasteiger partial charge in [0.1, 0.15) is 0 Å². The first-order valence-electron chi connectivity index (χ1n) is 3.13. The standard InChI is InChI=1S/C7H5BrClNS/c8-4-1-6-7(2-5(4)9)11-3-10-6/h1-2,10H,3H2. The molecule has 2 rings (SSSR count). The Labute approximate surface area is 82.6 Å². The number of rotatable bonds is 0. The summed E-state index contributed by atoms with van der Waals surface area (Å²) in [7, 11) is 0. The molecule has 0 unspecified atom stereocenters. The highest BCUT2D eigenvalue weighted by Gasteiger charge is 2.12. The van der Waals surface area contributed by atoms with Crippen molar-refractivity contribution in [3.05, 3.63) is 21.6 Å². The van der Waals surface area contributed by atoms with Crippen LogP contribution >= 0.6 is 39.3 Å². The number of hydrogen-bond acceptors (Lipinski definition) is 2. The summed E-state index contributed by atoms with van der Waals surface area (Å²) in [5.74, 6) is 0.947. The van der Waals surface area contributed by atoms with Gasteiger partial charge in [-0.15, -0.1) is 11.8 Å². The van der Waals surface area contributed by atoms with E-state index >= 15 is 0 Å². The van der Waals surface area contributed by atoms with Gasteiger partial charge in [0, 0.05) is 15.1 Å². The van der Waals surface area contributed by atoms with Gasteiger partial charge in [-0.25, -0.2) is 0 Å². The van der Waals surface area contributed by atoms with Crippen molar-refractivity contribution < 1.29 is 0 Å². The molecule has 0 atom stereocenters. The van der Waals surface area contributed by atoms with Crippen LogP contribution in [0.2, 0.25) is 5.02 Å². The van der Waals surface area contributed by atoms with E-state index in [1.54, 1.807) is 11.8 Å². The van der Waals surface area contributed by atoms with Gasteiger partial charge < -0.3 is 5.32 Å². The summed E-state index contributed by atoms with van der Waals surface area (Å²) in [6.07, 6.45) is 0. The second-order valence-corrected chi connectivity index (χ2v) is 4.51. The van der Waals surface area contributed by atoms with E-state index < -0.39 is 0 Å². The van der Waals surface area contributed by atoms with Crippen molar-refractivity contribution in [1.29, 1.82) is 0 Å². The highest BCUT2D eigenvalue weighted by Crippen LogP contribution is 2.38. The molecule has 58 valence electrons. The van der Waals surface area contributed by atoms with Gasteiger partial charge in [0.05, 0.1) is 10.9 Å². The first-order chi connectivity index (χ1) is 5.27. The minimum atomic E-state index is 0.778. The Bertz CT molecular complexity index is 274. The zero-order valence-corrected chi connectivity index (χ0v) is 8.68. The summed E-state index contributed by atoms with van der Waals surface area (Å²) in [5.41, 5.74) is 1.17. The Hall–Kier alpha value is 0.140. The average Bonchev–Trinajstić information content (AvgIpc) is 2.36. The van der Waals surface area contributed by atoms with E-state index in [0.29, 0.717) is 0 Å². The fraction of sp³-hybridized carbons (Fsp3) is 0.143. The predicted molar refractivity (Wildman–Crippen MR) is 53.5 cm³/mol. The molecule has 0 bridgehead atoms. The maximum absolute atomic E-state index is 5.90. The maximum Gasteiger partial charge on any atom is 0.0658 e. The minimum absolute atomic E-state index is 0.778. The molecule has 1 aromatic rings. The second-order valence-electron chi connectivity index (χ2n) is 2.23. The molecule has 0 amide bonds. The average molecular weight is 251 g/mol. The molecule has 4 heteroatoms. The summed E-state index contributed by atoms with van der Waals surface area (Å²) in [6.45, 7) is 0. The molecule has 1 aromatic carbocycles. The van der Waals surface area contributed by atoms with E-state index in [2.05, 4.69) is 21.2 Å². The van der Waals surface area contributed by atoms with Crippen molar-refractivity contribution in [3.63, 3.8) is 0 Å². The molecule has 0 fully saturated rings. The Morgan fingerprint density at radius 2 is 2.36 bits per heavy atom. The van der Waals surface area contributed by atoms with Crippen LogP contribution < -0.4 is 5.32 Å². The lowest BCUT2D eigenvalue weighted by atomic mass is 10.3. The summed E-state index contributed by atoms with van der Waals surface area (Å²) in [6, 6.07) is 3.99. The Kier molecular flexibility index (Phi) is 2.04. The van der Waals surface area contributed by atoms with Gasteiger partial charge in [0.25, 0.3) is 0 Å². The smallest absolute Gasteiger partial charge is 0.0658 e. The maximum atomic E-state index is 5.90. The predicted octanol–water partition coefficient (Wildman–Crippen LogP) is 3.58. The number of benzene rings is 1. The van der Waals surface area contributed by atoms with Crippen LogP contribution in [0.4, 0.5) is 5.69 Å². The lowest BCUT2D eigenvalue weighted by molar-refractivity contribution is 1.41. The van der Waals surface area contributed by atoms with E-state index in [9.17, 15) is 0 Å². The van der Waals surface area contributed by atoms with Gasteiger partial charge in [-0.3, -0.25) is 0 Å². The lowest BCUT2D eigenvalue weighted by Gasteiger charge is -2.00. The SMILES string of the molecule is Clc1cc2c(cc1Br)NCS2. The van der Waals surface area contributed by atoms with Crippen molar-refractivity contribution in [2.24, 2.45) is 0 Å². The molecule has 0 saturated heterocycles. The molecule has 0 aromatic heterocycles. The molecule has 0 radical (unpaired) electrons. The molecule has 0 saturated carbocycles. The van der Waals surface area contributed by atoms with E-state index in [0.717, 1.165) is 15.4 Å². The van der Waals surface area contributed by atoms with Crippen LogP contribution in [0, 0.1) is 0 Å². The first-order valence-corrected chi connectivity index (χ1v) is 5.29. The van der Waals surface area contributed by atoms with Gasteiger partial charge in [-0.2, -0.15) is 0 Å². The zero-order valence-electron chi connectivity index (χ0n) is 5.53. The highest BCUT2D eigenvalue weighted by atomic mass is 79.9. The quantitative estimate of drug-likeness (QED) is 0.755. The number of hydrogen-bond donors (Lipinski definition) is 1. The third-order valence-electron chi connectivity index (χ3n) is 1.51. The van der Waals surface area contributed by atoms with Gasteiger partial charge in [-0.05, 0) is 28.1 Å². The van der Waals surface area contributed by atoms with E-state index in [-0.39, 0.29) is 0 Å². The molecule has 11 heavy (non-hydrogen) atoms. The molecular weight excluding hydrogens is 246 g/mol. The van der Waals surface area contributed by atoms with Crippen LogP contribution in [0.5, 0.6) is 0 Å². The minimum Gasteiger partial charge on any atom is -0.375 e. The number of thioether (sulfide) groups is 1. The Morgan fingerprint density at radius 3 is 3.18 bits per heavy atom. The summed E-state index contributed by atoms with van der Waals surface area (Å²) in [5, 5.41) is 4.02. The highest BCUT2D eigenvalue weighted by molar-refractivity contribution is 9.10. The van der Waals surface area contributed by atoms with E-state index in [4.69, 9.17) is 11.6 Å². The van der Waals surface area contributed by atoms with Crippen LogP contribution in [-0.2, 0) is 0 Å². The van der Waals surface area contributed by atoms with Crippen molar-refractivity contribution in [1.82, 2.24) is 0 Å². The molecule has 0 aliphatic carbocycles. The van der Waals surface area contributed by atoms with Gasteiger partial charge >= 0.3 is 0 Å². The third-order valence-corrected chi connectivity index (χ3v) is 3.65. The van der Waals surface area contributed by atoms with Crippen molar-refractivity contribution in [2.45, 2.75) is 4.90 Å².